The molecule has 20 heavy (non-hydrogen) atoms. The third-order valence-corrected chi connectivity index (χ3v) is 4.41. The van der Waals surface area contributed by atoms with Crippen molar-refractivity contribution in [1.29, 1.82) is 0 Å². The molecule has 0 aliphatic carbocycles. The van der Waals surface area contributed by atoms with E-state index in [2.05, 4.69) is 28.6 Å². The summed E-state index contributed by atoms with van der Waals surface area (Å²) in [6.07, 6.45) is 1.65. The van der Waals surface area contributed by atoms with Gasteiger partial charge in [-0.3, -0.25) is 9.69 Å². The smallest absolute Gasteiger partial charge is 0.250 e. The molecule has 0 aromatic carbocycles. The number of nitrogens with zero attached hydrogens (tertiary/aromatic N) is 4. The largest absolute Gasteiger partial charge is 0.340 e. The van der Waals surface area contributed by atoms with Gasteiger partial charge >= 0.3 is 0 Å². The van der Waals surface area contributed by atoms with Crippen LogP contribution in [0.2, 0.25) is 5.02 Å². The van der Waals surface area contributed by atoms with Crippen molar-refractivity contribution in [2.45, 2.75) is 25.9 Å². The Hall–Kier alpha value is -1.33. The summed E-state index contributed by atoms with van der Waals surface area (Å²) in [5.41, 5.74) is 0.803. The van der Waals surface area contributed by atoms with Crippen molar-refractivity contribution in [2.24, 2.45) is 0 Å². The number of carbonyl (C=O) groups is 1. The fraction of sp³-hybridized carbons (Fsp3) is 0.571. The zero-order chi connectivity index (χ0) is 14.4. The summed E-state index contributed by atoms with van der Waals surface area (Å²) < 4.78 is 0. The molecular formula is C14H19ClN4O. The fourth-order valence-electron chi connectivity index (χ4n) is 2.97. The van der Waals surface area contributed by atoms with Crippen LogP contribution in [0.15, 0.2) is 12.3 Å². The van der Waals surface area contributed by atoms with E-state index in [1.165, 1.54) is 0 Å². The highest BCUT2D eigenvalue weighted by molar-refractivity contribution is 6.31. The van der Waals surface area contributed by atoms with E-state index in [9.17, 15) is 4.79 Å². The average molecular weight is 295 g/mol. The van der Waals surface area contributed by atoms with Crippen molar-refractivity contribution in [3.8, 4) is 0 Å². The predicted molar refractivity (Wildman–Crippen MR) is 80.5 cm³/mol. The van der Waals surface area contributed by atoms with Gasteiger partial charge in [0.25, 0.3) is 5.91 Å². The fourth-order valence-corrected chi connectivity index (χ4v) is 3.12. The van der Waals surface area contributed by atoms with Crippen LogP contribution in [-0.2, 0) is 4.79 Å². The zero-order valence-electron chi connectivity index (χ0n) is 12.0. The number of fused-ring (bicyclic) bond motifs is 3. The van der Waals surface area contributed by atoms with E-state index >= 15 is 0 Å². The van der Waals surface area contributed by atoms with E-state index in [1.807, 2.05) is 6.07 Å². The second-order valence-corrected chi connectivity index (χ2v) is 6.13. The molecule has 5 nitrogen and oxygen atoms in total. The van der Waals surface area contributed by atoms with Gasteiger partial charge in [0.15, 0.2) is 5.82 Å². The van der Waals surface area contributed by atoms with Gasteiger partial charge in [0.2, 0.25) is 0 Å². The summed E-state index contributed by atoms with van der Waals surface area (Å²) in [4.78, 5) is 23.2. The Bertz CT molecular complexity index is 548. The average Bonchev–Trinajstić information content (AvgIpc) is 2.44. The van der Waals surface area contributed by atoms with Gasteiger partial charge in [-0.05, 0) is 19.9 Å². The van der Waals surface area contributed by atoms with Crippen molar-refractivity contribution in [1.82, 2.24) is 9.88 Å². The van der Waals surface area contributed by atoms with Gasteiger partial charge in [0.05, 0.1) is 10.7 Å². The Morgan fingerprint density at radius 3 is 2.85 bits per heavy atom. The van der Waals surface area contributed by atoms with Gasteiger partial charge in [-0.25, -0.2) is 4.98 Å². The van der Waals surface area contributed by atoms with Crippen molar-refractivity contribution in [3.05, 3.63) is 17.3 Å². The maximum Gasteiger partial charge on any atom is 0.250 e. The lowest BCUT2D eigenvalue weighted by molar-refractivity contribution is -0.121. The highest BCUT2D eigenvalue weighted by atomic mass is 35.5. The highest BCUT2D eigenvalue weighted by Crippen LogP contribution is 2.36. The molecule has 108 valence electrons. The monoisotopic (exact) mass is 294 g/mol. The topological polar surface area (TPSA) is 39.7 Å². The lowest BCUT2D eigenvalue weighted by atomic mass is 10.1. The Labute approximate surface area is 124 Å². The summed E-state index contributed by atoms with van der Waals surface area (Å²) in [6, 6.07) is 2.12. The van der Waals surface area contributed by atoms with Gasteiger partial charge in [0, 0.05) is 38.9 Å². The summed E-state index contributed by atoms with van der Waals surface area (Å²) in [7, 11) is 1.80. The molecule has 2 aliphatic rings. The number of likely N-dealkylation sites (N-methyl/N-ethyl adjacent to an activating group) is 1. The Morgan fingerprint density at radius 1 is 1.40 bits per heavy atom. The summed E-state index contributed by atoms with van der Waals surface area (Å²) in [5, 5.41) is 0.558. The summed E-state index contributed by atoms with van der Waals surface area (Å²) in [6.45, 7) is 6.86. The molecule has 2 aliphatic heterocycles. The van der Waals surface area contributed by atoms with Crippen LogP contribution in [-0.4, -0.2) is 54.6 Å². The predicted octanol–water partition coefficient (Wildman–Crippen LogP) is 1.61. The molecule has 3 rings (SSSR count). The van der Waals surface area contributed by atoms with E-state index in [0.717, 1.165) is 31.1 Å². The molecule has 0 saturated carbocycles. The molecule has 6 heteroatoms. The Balaban J connectivity index is 1.99. The Kier molecular flexibility index (Phi) is 3.34. The molecule has 3 heterocycles. The normalized spacial score (nSPS) is 23.1. The molecule has 1 atom stereocenters. The first-order valence-electron chi connectivity index (χ1n) is 6.93. The third-order valence-electron chi connectivity index (χ3n) is 4.20. The van der Waals surface area contributed by atoms with Crippen LogP contribution in [0.1, 0.15) is 13.8 Å². The first-order valence-corrected chi connectivity index (χ1v) is 7.30. The van der Waals surface area contributed by atoms with Crippen LogP contribution in [0, 0.1) is 0 Å². The lowest BCUT2D eigenvalue weighted by Crippen LogP contribution is -2.63. The van der Waals surface area contributed by atoms with Crippen LogP contribution in [0.5, 0.6) is 0 Å². The van der Waals surface area contributed by atoms with Crippen LogP contribution < -0.4 is 9.80 Å². The van der Waals surface area contributed by atoms with E-state index in [4.69, 9.17) is 11.6 Å². The molecule has 1 aromatic rings. The highest BCUT2D eigenvalue weighted by Gasteiger charge is 2.41. The van der Waals surface area contributed by atoms with E-state index in [1.54, 1.807) is 18.1 Å². The second kappa shape index (κ2) is 4.90. The summed E-state index contributed by atoms with van der Waals surface area (Å²) in [5.74, 6) is 0.983. The van der Waals surface area contributed by atoms with E-state index < -0.39 is 0 Å². The molecule has 0 N–H and O–H groups in total. The van der Waals surface area contributed by atoms with Crippen LogP contribution in [0.3, 0.4) is 0 Å². The van der Waals surface area contributed by atoms with Crippen molar-refractivity contribution >= 4 is 29.0 Å². The standard InChI is InChI=1S/C14H19ClN4O/c1-9(2)18-4-5-19-12(8-18)14(20)17(3)11-6-10(15)7-16-13(11)19/h6-7,9,12H,4-5,8H2,1-3H3/t12-/m0/s1. The molecule has 1 saturated heterocycles. The molecule has 1 aromatic heterocycles. The number of rotatable bonds is 1. The SMILES string of the molecule is CC(C)N1CCN2c3ncc(Cl)cc3N(C)C(=O)[C@@H]2C1. The lowest BCUT2D eigenvalue weighted by Gasteiger charge is -2.47. The maximum absolute atomic E-state index is 12.6. The molecule has 0 radical (unpaired) electrons. The first kappa shape index (κ1) is 13.6. The Morgan fingerprint density at radius 2 is 2.15 bits per heavy atom. The number of anilines is 2. The van der Waals surface area contributed by atoms with Crippen molar-refractivity contribution < 1.29 is 4.79 Å². The van der Waals surface area contributed by atoms with Crippen molar-refractivity contribution in [2.75, 3.05) is 36.5 Å². The van der Waals surface area contributed by atoms with Crippen LogP contribution >= 0.6 is 11.6 Å². The minimum atomic E-state index is -0.141. The molecule has 1 fully saturated rings. The van der Waals surface area contributed by atoms with Gasteiger partial charge in [-0.2, -0.15) is 0 Å². The van der Waals surface area contributed by atoms with Crippen LogP contribution in [0.25, 0.3) is 0 Å². The number of pyridine rings is 1. The number of piperazine rings is 1. The van der Waals surface area contributed by atoms with E-state index in [-0.39, 0.29) is 11.9 Å². The number of amides is 1. The first-order chi connectivity index (χ1) is 9.49. The molecule has 1 amide bonds. The molecular weight excluding hydrogens is 276 g/mol. The van der Waals surface area contributed by atoms with Gasteiger partial charge in [-0.15, -0.1) is 0 Å². The molecule has 0 bridgehead atoms. The molecule has 0 spiro atoms. The van der Waals surface area contributed by atoms with Gasteiger partial charge < -0.3 is 9.80 Å². The minimum absolute atomic E-state index is 0.118. The quantitative estimate of drug-likeness (QED) is 0.789. The van der Waals surface area contributed by atoms with Crippen molar-refractivity contribution in [3.63, 3.8) is 0 Å². The molecule has 0 unspecified atom stereocenters. The van der Waals surface area contributed by atoms with Gasteiger partial charge in [-0.1, -0.05) is 11.6 Å². The number of hydrogen-bond donors (Lipinski definition) is 0. The number of halogens is 1. The zero-order valence-corrected chi connectivity index (χ0v) is 12.8. The van der Waals surface area contributed by atoms with E-state index in [0.29, 0.717) is 11.1 Å². The second-order valence-electron chi connectivity index (χ2n) is 5.69. The van der Waals surface area contributed by atoms with Crippen LogP contribution in [0.4, 0.5) is 11.5 Å². The van der Waals surface area contributed by atoms with Gasteiger partial charge in [0.1, 0.15) is 6.04 Å². The number of aromatic nitrogens is 1. The minimum Gasteiger partial charge on any atom is -0.340 e. The number of carbonyl (C=O) groups excluding carboxylic acids is 1. The summed E-state index contributed by atoms with van der Waals surface area (Å²) >= 11 is 6.00. The third kappa shape index (κ3) is 2.05. The number of hydrogen-bond acceptors (Lipinski definition) is 4. The maximum atomic E-state index is 12.6.